The fourth-order valence-corrected chi connectivity index (χ4v) is 4.14. The highest BCUT2D eigenvalue weighted by Gasteiger charge is 2.46. The molecule has 3 rings (SSSR count). The van der Waals surface area contributed by atoms with Crippen molar-refractivity contribution in [1.82, 2.24) is 5.06 Å². The van der Waals surface area contributed by atoms with Crippen LogP contribution in [-0.2, 0) is 36.9 Å². The van der Waals surface area contributed by atoms with Gasteiger partial charge in [-0.2, -0.15) is 5.06 Å². The van der Waals surface area contributed by atoms with Crippen molar-refractivity contribution in [1.29, 1.82) is 0 Å². The lowest BCUT2D eigenvalue weighted by molar-refractivity contribution is -0.218. The Bertz CT molecular complexity index is 894. The lowest BCUT2D eigenvalue weighted by atomic mass is 9.91. The summed E-state index contributed by atoms with van der Waals surface area (Å²) >= 11 is 0. The van der Waals surface area contributed by atoms with Gasteiger partial charge in [0.1, 0.15) is 0 Å². The molecule has 1 heterocycles. The Kier molecular flexibility index (Phi) is 7.46. The van der Waals surface area contributed by atoms with Gasteiger partial charge in [-0.3, -0.25) is 9.63 Å². The van der Waals surface area contributed by atoms with Gasteiger partial charge in [-0.15, -0.1) is 0 Å². The first-order valence-electron chi connectivity index (χ1n) is 10.6. The molecule has 6 heteroatoms. The molecule has 0 aliphatic carbocycles. The van der Waals surface area contributed by atoms with E-state index in [0.29, 0.717) is 32.5 Å². The Labute approximate surface area is 184 Å². The summed E-state index contributed by atoms with van der Waals surface area (Å²) < 4.78 is 10.8. The highest BCUT2D eigenvalue weighted by atomic mass is 16.7. The number of benzene rings is 2. The molecule has 0 bridgehead atoms. The number of aryl methyl sites for hydroxylation is 3. The molecule has 166 valence electrons. The first-order valence-corrected chi connectivity index (χ1v) is 10.6. The second-order valence-electron chi connectivity index (χ2n) is 8.20. The van der Waals surface area contributed by atoms with Gasteiger partial charge >= 0.3 is 11.9 Å². The molecule has 2 aromatic rings. The van der Waals surface area contributed by atoms with Crippen molar-refractivity contribution in [2.24, 2.45) is 0 Å². The number of methoxy groups -OCH3 is 1. The zero-order chi connectivity index (χ0) is 22.4. The van der Waals surface area contributed by atoms with Crippen molar-refractivity contribution in [3.63, 3.8) is 0 Å². The molecule has 0 amide bonds. The fraction of sp³-hybridized carbons (Fsp3) is 0.440. The summed E-state index contributed by atoms with van der Waals surface area (Å²) in [6.45, 7) is 7.40. The van der Waals surface area contributed by atoms with Crippen molar-refractivity contribution in [3.05, 3.63) is 70.3 Å². The van der Waals surface area contributed by atoms with E-state index in [1.165, 1.54) is 7.11 Å². The number of carbonyl (C=O) groups excluding carboxylic acids is 2. The van der Waals surface area contributed by atoms with Crippen LogP contribution in [-0.4, -0.2) is 42.8 Å². The number of ether oxygens (including phenoxy) is 2. The van der Waals surface area contributed by atoms with E-state index in [-0.39, 0.29) is 6.42 Å². The first-order chi connectivity index (χ1) is 14.8. The molecule has 0 radical (unpaired) electrons. The molecule has 2 aromatic carbocycles. The van der Waals surface area contributed by atoms with E-state index < -0.39 is 17.5 Å². The number of nitrogens with zero attached hydrogens (tertiary/aromatic N) is 1. The predicted octanol–water partition coefficient (Wildman–Crippen LogP) is 3.84. The average Bonchev–Trinajstić information content (AvgIpc) is 2.76. The topological polar surface area (TPSA) is 65.1 Å². The molecule has 1 aliphatic rings. The number of hydroxylamine groups is 2. The lowest BCUT2D eigenvalue weighted by Gasteiger charge is -2.38. The second kappa shape index (κ2) is 10.1. The molecule has 0 spiro atoms. The van der Waals surface area contributed by atoms with Crippen LogP contribution in [0.25, 0.3) is 0 Å². The fourth-order valence-electron chi connectivity index (χ4n) is 4.14. The van der Waals surface area contributed by atoms with Crippen LogP contribution in [0.4, 0.5) is 0 Å². The van der Waals surface area contributed by atoms with Crippen LogP contribution < -0.4 is 0 Å². The molecule has 1 aliphatic heterocycles. The standard InChI is InChI=1S/C25H31NO5/c1-18-14-19(2)22(20(3)15-18)16-23(27)31-25(24(28)29-4)10-12-26(13-11-25)30-17-21-8-6-5-7-9-21/h5-9,14-15H,10-13,16-17H2,1-4H3. The lowest BCUT2D eigenvalue weighted by Crippen LogP contribution is -2.52. The summed E-state index contributed by atoms with van der Waals surface area (Å²) in [4.78, 5) is 31.3. The van der Waals surface area contributed by atoms with Crippen LogP contribution in [0.15, 0.2) is 42.5 Å². The van der Waals surface area contributed by atoms with Crippen molar-refractivity contribution in [2.45, 2.75) is 52.2 Å². The third-order valence-corrected chi connectivity index (χ3v) is 5.81. The molecule has 0 atom stereocenters. The van der Waals surface area contributed by atoms with Gasteiger partial charge in [0.25, 0.3) is 0 Å². The summed E-state index contributed by atoms with van der Waals surface area (Å²) in [5.41, 5.74) is 3.99. The van der Waals surface area contributed by atoms with Crippen molar-refractivity contribution >= 4 is 11.9 Å². The maximum absolute atomic E-state index is 12.8. The van der Waals surface area contributed by atoms with Gasteiger partial charge in [0, 0.05) is 25.9 Å². The number of carbonyl (C=O) groups is 2. The van der Waals surface area contributed by atoms with E-state index in [1.54, 1.807) is 0 Å². The summed E-state index contributed by atoms with van der Waals surface area (Å²) in [5, 5.41) is 1.82. The van der Waals surface area contributed by atoms with Crippen LogP contribution in [0, 0.1) is 20.8 Å². The van der Waals surface area contributed by atoms with Crippen LogP contribution in [0.5, 0.6) is 0 Å². The van der Waals surface area contributed by atoms with Crippen molar-refractivity contribution in [3.8, 4) is 0 Å². The minimum atomic E-state index is -1.27. The predicted molar refractivity (Wildman–Crippen MR) is 117 cm³/mol. The Morgan fingerprint density at radius 2 is 1.61 bits per heavy atom. The molecule has 0 saturated carbocycles. The third-order valence-electron chi connectivity index (χ3n) is 5.81. The molecular weight excluding hydrogens is 394 g/mol. The summed E-state index contributed by atoms with van der Waals surface area (Å²) in [7, 11) is 1.32. The van der Waals surface area contributed by atoms with Gasteiger partial charge in [-0.25, -0.2) is 4.79 Å². The van der Waals surface area contributed by atoms with Crippen LogP contribution in [0.1, 0.15) is 40.7 Å². The smallest absolute Gasteiger partial charge is 0.350 e. The van der Waals surface area contributed by atoms with E-state index in [1.807, 2.05) is 68.3 Å². The summed E-state index contributed by atoms with van der Waals surface area (Å²) in [6, 6.07) is 14.0. The Balaban J connectivity index is 1.63. The van der Waals surface area contributed by atoms with Gasteiger partial charge in [-0.05, 0) is 43.0 Å². The molecule has 1 saturated heterocycles. The number of esters is 2. The molecule has 6 nitrogen and oxygen atoms in total. The molecular formula is C25H31NO5. The normalized spacial score (nSPS) is 16.0. The van der Waals surface area contributed by atoms with E-state index in [0.717, 1.165) is 27.8 Å². The summed E-state index contributed by atoms with van der Waals surface area (Å²) in [6.07, 6.45) is 0.781. The Morgan fingerprint density at radius 1 is 1.00 bits per heavy atom. The van der Waals surface area contributed by atoms with E-state index in [4.69, 9.17) is 14.3 Å². The minimum absolute atomic E-state index is 0.130. The highest BCUT2D eigenvalue weighted by molar-refractivity contribution is 5.84. The quantitative estimate of drug-likeness (QED) is 0.628. The molecule has 0 unspecified atom stereocenters. The average molecular weight is 426 g/mol. The Morgan fingerprint density at radius 3 is 2.19 bits per heavy atom. The molecule has 0 aromatic heterocycles. The van der Waals surface area contributed by atoms with Gasteiger partial charge in [0.2, 0.25) is 5.60 Å². The van der Waals surface area contributed by atoms with Gasteiger partial charge in [-0.1, -0.05) is 48.0 Å². The van der Waals surface area contributed by atoms with Crippen LogP contribution in [0.2, 0.25) is 0 Å². The minimum Gasteiger partial charge on any atom is -0.466 e. The molecule has 1 fully saturated rings. The number of rotatable bonds is 7. The Hall–Kier alpha value is -2.70. The van der Waals surface area contributed by atoms with E-state index in [2.05, 4.69) is 0 Å². The van der Waals surface area contributed by atoms with Gasteiger partial charge in [0.05, 0.1) is 20.1 Å². The molecule has 31 heavy (non-hydrogen) atoms. The van der Waals surface area contributed by atoms with Gasteiger partial charge in [0.15, 0.2) is 0 Å². The maximum atomic E-state index is 12.8. The SMILES string of the molecule is COC(=O)C1(OC(=O)Cc2c(C)cc(C)cc2C)CCN(OCc2ccccc2)CC1. The maximum Gasteiger partial charge on any atom is 0.350 e. The number of hydrogen-bond donors (Lipinski definition) is 0. The number of piperidine rings is 1. The van der Waals surface area contributed by atoms with Crippen molar-refractivity contribution in [2.75, 3.05) is 20.2 Å². The first kappa shape index (κ1) is 23.0. The largest absolute Gasteiger partial charge is 0.466 e. The zero-order valence-electron chi connectivity index (χ0n) is 18.8. The van der Waals surface area contributed by atoms with Gasteiger partial charge < -0.3 is 9.47 Å². The van der Waals surface area contributed by atoms with E-state index >= 15 is 0 Å². The highest BCUT2D eigenvalue weighted by Crippen LogP contribution is 2.29. The second-order valence-corrected chi connectivity index (χ2v) is 8.20. The summed E-state index contributed by atoms with van der Waals surface area (Å²) in [5.74, 6) is -0.931. The van der Waals surface area contributed by atoms with E-state index in [9.17, 15) is 9.59 Å². The third kappa shape index (κ3) is 5.71. The van der Waals surface area contributed by atoms with Crippen molar-refractivity contribution < 1.29 is 23.9 Å². The van der Waals surface area contributed by atoms with Crippen LogP contribution >= 0.6 is 0 Å². The zero-order valence-corrected chi connectivity index (χ0v) is 18.8. The van der Waals surface area contributed by atoms with Crippen LogP contribution in [0.3, 0.4) is 0 Å². The number of hydrogen-bond acceptors (Lipinski definition) is 6. The molecule has 0 N–H and O–H groups in total. The monoisotopic (exact) mass is 425 g/mol.